The van der Waals surface area contributed by atoms with Gasteiger partial charge in [-0.25, -0.2) is 8.42 Å². The van der Waals surface area contributed by atoms with Crippen LogP contribution in [0.25, 0.3) is 10.4 Å². The van der Waals surface area contributed by atoms with Gasteiger partial charge in [0.15, 0.2) is 0 Å². The molecule has 0 spiro atoms. The standard InChI is InChI=1S/C8H6N4O3S/c9-11-12-16(14,15)6-1-2-7-5(3-6)4-8(13)10-7/h1-3H,4H2,(H,10,13). The van der Waals surface area contributed by atoms with Crippen LogP contribution in [0, 0.1) is 0 Å². The van der Waals surface area contributed by atoms with Crippen molar-refractivity contribution in [2.24, 2.45) is 4.52 Å². The van der Waals surface area contributed by atoms with Gasteiger partial charge in [-0.3, -0.25) is 4.79 Å². The zero-order valence-corrected chi connectivity index (χ0v) is 8.73. The van der Waals surface area contributed by atoms with Crippen molar-refractivity contribution >= 4 is 21.6 Å². The van der Waals surface area contributed by atoms with Crippen LogP contribution in [0.3, 0.4) is 0 Å². The maximum Gasteiger partial charge on any atom is 0.264 e. The Balaban J connectivity index is 2.52. The predicted octanol–water partition coefficient (Wildman–Crippen LogP) is 1.18. The minimum absolute atomic E-state index is 0.111. The van der Waals surface area contributed by atoms with Gasteiger partial charge in [0.05, 0.1) is 11.3 Å². The number of hydrogen-bond acceptors (Lipinski definition) is 3. The molecule has 1 N–H and O–H groups in total. The first kappa shape index (κ1) is 10.5. The summed E-state index contributed by atoms with van der Waals surface area (Å²) in [6.45, 7) is 0. The number of azide groups is 1. The summed E-state index contributed by atoms with van der Waals surface area (Å²) in [5.74, 6) is -0.187. The van der Waals surface area contributed by atoms with Crippen molar-refractivity contribution < 1.29 is 13.2 Å². The largest absolute Gasteiger partial charge is 0.326 e. The Morgan fingerprint density at radius 1 is 1.44 bits per heavy atom. The second-order valence-electron chi connectivity index (χ2n) is 3.19. The molecule has 1 aliphatic rings. The molecule has 1 aromatic rings. The minimum atomic E-state index is -3.98. The maximum absolute atomic E-state index is 11.4. The van der Waals surface area contributed by atoms with Crippen LogP contribution in [0.15, 0.2) is 27.6 Å². The lowest BCUT2D eigenvalue weighted by molar-refractivity contribution is -0.115. The van der Waals surface area contributed by atoms with Gasteiger partial charge in [-0.15, -0.1) is 0 Å². The molecule has 82 valence electrons. The highest BCUT2D eigenvalue weighted by Gasteiger charge is 2.20. The quantitative estimate of drug-likeness (QED) is 0.474. The van der Waals surface area contributed by atoms with E-state index >= 15 is 0 Å². The average molecular weight is 238 g/mol. The van der Waals surface area contributed by atoms with E-state index in [4.69, 9.17) is 5.53 Å². The van der Waals surface area contributed by atoms with E-state index in [-0.39, 0.29) is 17.2 Å². The molecule has 0 atom stereocenters. The summed E-state index contributed by atoms with van der Waals surface area (Å²) in [6.07, 6.45) is 0.134. The van der Waals surface area contributed by atoms with E-state index in [9.17, 15) is 13.2 Å². The van der Waals surface area contributed by atoms with Crippen LogP contribution in [0.5, 0.6) is 0 Å². The number of nitrogens with one attached hydrogen (secondary N) is 1. The lowest BCUT2D eigenvalue weighted by Gasteiger charge is -2.00. The third-order valence-electron chi connectivity index (χ3n) is 2.14. The molecule has 0 fully saturated rings. The molecule has 0 bridgehead atoms. The molecule has 16 heavy (non-hydrogen) atoms. The zero-order valence-electron chi connectivity index (χ0n) is 7.91. The number of benzene rings is 1. The van der Waals surface area contributed by atoms with E-state index in [0.29, 0.717) is 11.3 Å². The number of fused-ring (bicyclic) bond motifs is 1. The lowest BCUT2D eigenvalue weighted by atomic mass is 10.2. The molecule has 1 amide bonds. The fourth-order valence-electron chi connectivity index (χ4n) is 1.46. The van der Waals surface area contributed by atoms with Gasteiger partial charge in [0, 0.05) is 15.1 Å². The van der Waals surface area contributed by atoms with Crippen molar-refractivity contribution in [1.29, 1.82) is 0 Å². The Morgan fingerprint density at radius 2 is 2.19 bits per heavy atom. The average Bonchev–Trinajstić information content (AvgIpc) is 2.56. The number of rotatable bonds is 2. The molecule has 1 aliphatic heterocycles. The monoisotopic (exact) mass is 238 g/mol. The van der Waals surface area contributed by atoms with Gasteiger partial charge in [-0.05, 0) is 29.3 Å². The number of anilines is 1. The summed E-state index contributed by atoms with van der Waals surface area (Å²) in [7, 11) is -3.98. The third-order valence-corrected chi connectivity index (χ3v) is 3.28. The van der Waals surface area contributed by atoms with E-state index in [1.165, 1.54) is 18.2 Å². The predicted molar refractivity (Wildman–Crippen MR) is 55.1 cm³/mol. The van der Waals surface area contributed by atoms with Crippen LogP contribution in [0.1, 0.15) is 5.56 Å². The molecule has 0 saturated heterocycles. The van der Waals surface area contributed by atoms with Gasteiger partial charge in [-0.2, -0.15) is 0 Å². The minimum Gasteiger partial charge on any atom is -0.326 e. The van der Waals surface area contributed by atoms with Crippen LogP contribution >= 0.6 is 0 Å². The highest BCUT2D eigenvalue weighted by molar-refractivity contribution is 7.90. The summed E-state index contributed by atoms with van der Waals surface area (Å²) in [5, 5.41) is 2.57. The summed E-state index contributed by atoms with van der Waals surface area (Å²) in [4.78, 5) is 13.2. The Bertz CT molecular complexity index is 616. The molecular formula is C8H6N4O3S. The third kappa shape index (κ3) is 1.71. The maximum atomic E-state index is 11.4. The van der Waals surface area contributed by atoms with Crippen molar-refractivity contribution in [2.75, 3.05) is 5.32 Å². The summed E-state index contributed by atoms with van der Waals surface area (Å²) in [5.41, 5.74) is 9.28. The van der Waals surface area contributed by atoms with Crippen molar-refractivity contribution in [3.63, 3.8) is 0 Å². The number of hydrogen-bond donors (Lipinski definition) is 1. The number of amides is 1. The molecule has 2 rings (SSSR count). The normalized spacial score (nSPS) is 13.9. The molecule has 8 heteroatoms. The van der Waals surface area contributed by atoms with E-state index in [1.54, 1.807) is 0 Å². The molecule has 0 aromatic heterocycles. The molecule has 1 aromatic carbocycles. The molecule has 0 radical (unpaired) electrons. The topological polar surface area (TPSA) is 112 Å². The van der Waals surface area contributed by atoms with Crippen molar-refractivity contribution in [1.82, 2.24) is 0 Å². The second-order valence-corrected chi connectivity index (χ2v) is 4.77. The van der Waals surface area contributed by atoms with E-state index in [0.717, 1.165) is 0 Å². The first-order valence-electron chi connectivity index (χ1n) is 4.27. The summed E-state index contributed by atoms with van der Waals surface area (Å²) < 4.78 is 25.5. The molecule has 0 aliphatic carbocycles. The van der Waals surface area contributed by atoms with Gasteiger partial charge < -0.3 is 5.32 Å². The van der Waals surface area contributed by atoms with Crippen LogP contribution in [0.4, 0.5) is 5.69 Å². The SMILES string of the molecule is [N-]=[N+]=NS(=O)(=O)c1ccc2c(c1)CC(=O)N2. The first-order chi connectivity index (χ1) is 7.53. The molecular weight excluding hydrogens is 232 g/mol. The van der Waals surface area contributed by atoms with Gasteiger partial charge in [0.25, 0.3) is 10.0 Å². The van der Waals surface area contributed by atoms with Crippen LogP contribution < -0.4 is 5.32 Å². The lowest BCUT2D eigenvalue weighted by Crippen LogP contribution is -2.03. The number of carbonyl (C=O) groups is 1. The summed E-state index contributed by atoms with van der Waals surface area (Å²) in [6, 6.07) is 4.09. The number of sulfonamides is 1. The number of nitrogens with zero attached hydrogens (tertiary/aromatic N) is 3. The molecule has 0 unspecified atom stereocenters. The van der Waals surface area contributed by atoms with Crippen molar-refractivity contribution in [3.05, 3.63) is 34.2 Å². The van der Waals surface area contributed by atoms with Crippen molar-refractivity contribution in [3.8, 4) is 0 Å². The van der Waals surface area contributed by atoms with E-state index < -0.39 is 10.0 Å². The van der Waals surface area contributed by atoms with Gasteiger partial charge in [0.2, 0.25) is 5.91 Å². The summed E-state index contributed by atoms with van der Waals surface area (Å²) >= 11 is 0. The highest BCUT2D eigenvalue weighted by Crippen LogP contribution is 2.26. The second kappa shape index (κ2) is 3.51. The first-order valence-corrected chi connectivity index (χ1v) is 5.71. The molecule has 7 nitrogen and oxygen atoms in total. The Kier molecular flexibility index (Phi) is 2.30. The Hall–Kier alpha value is -2.05. The molecule has 0 saturated carbocycles. The Morgan fingerprint density at radius 3 is 2.88 bits per heavy atom. The van der Waals surface area contributed by atoms with Gasteiger partial charge >= 0.3 is 0 Å². The van der Waals surface area contributed by atoms with E-state index in [2.05, 4.69) is 14.7 Å². The van der Waals surface area contributed by atoms with Gasteiger partial charge in [0.1, 0.15) is 0 Å². The van der Waals surface area contributed by atoms with E-state index in [1.807, 2.05) is 0 Å². The molecule has 1 heterocycles. The fraction of sp³-hybridized carbons (Fsp3) is 0.125. The van der Waals surface area contributed by atoms with Crippen LogP contribution in [-0.4, -0.2) is 14.3 Å². The Labute approximate surface area is 90.8 Å². The van der Waals surface area contributed by atoms with Crippen molar-refractivity contribution in [2.45, 2.75) is 11.3 Å². The van der Waals surface area contributed by atoms with Crippen LogP contribution in [0.2, 0.25) is 0 Å². The number of carbonyl (C=O) groups excluding carboxylic acids is 1. The van der Waals surface area contributed by atoms with Crippen LogP contribution in [-0.2, 0) is 21.2 Å². The smallest absolute Gasteiger partial charge is 0.264 e. The van der Waals surface area contributed by atoms with Gasteiger partial charge in [-0.1, -0.05) is 0 Å². The fourth-order valence-corrected chi connectivity index (χ4v) is 2.18. The highest BCUT2D eigenvalue weighted by atomic mass is 32.2. The zero-order chi connectivity index (χ0) is 11.8.